The van der Waals surface area contributed by atoms with Crippen LogP contribution >= 0.6 is 0 Å². The summed E-state index contributed by atoms with van der Waals surface area (Å²) in [6, 6.07) is 0. The highest BCUT2D eigenvalue weighted by atomic mass is 16.5. The summed E-state index contributed by atoms with van der Waals surface area (Å²) in [4.78, 5) is 11.2. The van der Waals surface area contributed by atoms with E-state index >= 15 is 0 Å². The fourth-order valence-electron chi connectivity index (χ4n) is 1.71. The Balaban J connectivity index is 2.20. The third kappa shape index (κ3) is 3.52. The highest BCUT2D eigenvalue weighted by molar-refractivity contribution is 5.90. The number of hydrogen-bond donors (Lipinski definition) is 0. The molecule has 2 heteroatoms. The van der Waals surface area contributed by atoms with Crippen molar-refractivity contribution >= 4 is 5.97 Å². The first-order chi connectivity index (χ1) is 6.74. The molecule has 1 atom stereocenters. The Kier molecular flexibility index (Phi) is 4.71. The van der Waals surface area contributed by atoms with Crippen LogP contribution in [-0.4, -0.2) is 12.1 Å². The molecule has 2 nitrogen and oxygen atoms in total. The molecule has 1 fully saturated rings. The molecule has 14 heavy (non-hydrogen) atoms. The van der Waals surface area contributed by atoms with Crippen molar-refractivity contribution in [1.82, 2.24) is 0 Å². The maximum absolute atomic E-state index is 11.2. The number of rotatable bonds is 5. The van der Waals surface area contributed by atoms with Gasteiger partial charge in [-0.15, -0.1) is 0 Å². The summed E-state index contributed by atoms with van der Waals surface area (Å²) in [6.07, 6.45) is 8.99. The molecule has 1 aliphatic heterocycles. The quantitative estimate of drug-likeness (QED) is 0.383. The van der Waals surface area contributed by atoms with E-state index in [2.05, 4.69) is 13.0 Å². The number of carbonyl (C=O) groups is 1. The Hall–Kier alpha value is -0.790. The first-order valence-electron chi connectivity index (χ1n) is 5.64. The van der Waals surface area contributed by atoms with E-state index in [0.29, 0.717) is 0 Å². The Labute approximate surface area is 86.3 Å². The molecule has 0 spiro atoms. The van der Waals surface area contributed by atoms with Crippen LogP contribution in [-0.2, 0) is 9.53 Å². The second-order valence-corrected chi connectivity index (χ2v) is 4.00. The largest absolute Gasteiger partial charge is 0.459 e. The molecule has 0 aliphatic carbocycles. The second kappa shape index (κ2) is 5.84. The number of esters is 1. The summed E-state index contributed by atoms with van der Waals surface area (Å²) in [5, 5.41) is 0. The van der Waals surface area contributed by atoms with E-state index in [1.807, 2.05) is 6.92 Å². The predicted molar refractivity (Wildman–Crippen MR) is 57.0 cm³/mol. The maximum atomic E-state index is 11.2. The minimum absolute atomic E-state index is 0.0874. The van der Waals surface area contributed by atoms with Crippen LogP contribution in [0.2, 0.25) is 0 Å². The monoisotopic (exact) mass is 196 g/mol. The highest BCUT2D eigenvalue weighted by Crippen LogP contribution is 2.20. The van der Waals surface area contributed by atoms with Gasteiger partial charge in [-0.1, -0.05) is 32.3 Å². The lowest BCUT2D eigenvalue weighted by molar-refractivity contribution is -0.138. The third-order valence-corrected chi connectivity index (χ3v) is 2.53. The van der Waals surface area contributed by atoms with Crippen LogP contribution in [0.3, 0.4) is 0 Å². The zero-order chi connectivity index (χ0) is 10.4. The van der Waals surface area contributed by atoms with Crippen LogP contribution in [0.25, 0.3) is 0 Å². The van der Waals surface area contributed by atoms with E-state index in [9.17, 15) is 4.79 Å². The lowest BCUT2D eigenvalue weighted by atomic mass is 10.1. The maximum Gasteiger partial charge on any atom is 0.334 e. The first-order valence-corrected chi connectivity index (χ1v) is 5.64. The topological polar surface area (TPSA) is 26.3 Å². The molecule has 0 aromatic carbocycles. The van der Waals surface area contributed by atoms with Gasteiger partial charge in [-0.05, 0) is 19.8 Å². The van der Waals surface area contributed by atoms with Crippen LogP contribution in [0.5, 0.6) is 0 Å². The van der Waals surface area contributed by atoms with E-state index < -0.39 is 0 Å². The zero-order valence-electron chi connectivity index (χ0n) is 9.21. The van der Waals surface area contributed by atoms with E-state index in [1.54, 1.807) is 0 Å². The predicted octanol–water partition coefficient (Wildman–Crippen LogP) is 3.22. The normalized spacial score (nSPS) is 24.3. The van der Waals surface area contributed by atoms with Crippen molar-refractivity contribution in [3.8, 4) is 0 Å². The van der Waals surface area contributed by atoms with E-state index in [1.165, 1.54) is 25.7 Å². The Bertz CT molecular complexity index is 218. The van der Waals surface area contributed by atoms with Gasteiger partial charge in [-0.25, -0.2) is 4.79 Å². The van der Waals surface area contributed by atoms with Crippen molar-refractivity contribution in [2.24, 2.45) is 0 Å². The van der Waals surface area contributed by atoms with Gasteiger partial charge in [-0.2, -0.15) is 0 Å². The molecule has 0 saturated carbocycles. The number of hydrogen-bond acceptors (Lipinski definition) is 2. The average Bonchev–Trinajstić information content (AvgIpc) is 2.45. The van der Waals surface area contributed by atoms with Gasteiger partial charge in [0, 0.05) is 12.0 Å². The van der Waals surface area contributed by atoms with Crippen LogP contribution in [0.1, 0.15) is 52.4 Å². The fraction of sp³-hybridized carbons (Fsp3) is 0.750. The van der Waals surface area contributed by atoms with Crippen LogP contribution in [0, 0.1) is 0 Å². The average molecular weight is 196 g/mol. The van der Waals surface area contributed by atoms with Crippen LogP contribution in [0.15, 0.2) is 11.6 Å². The molecule has 0 N–H and O–H groups in total. The Morgan fingerprint density at radius 3 is 2.79 bits per heavy atom. The zero-order valence-corrected chi connectivity index (χ0v) is 9.21. The molecule has 0 aromatic heterocycles. The third-order valence-electron chi connectivity index (χ3n) is 2.53. The van der Waals surface area contributed by atoms with Crippen LogP contribution in [0.4, 0.5) is 0 Å². The number of cyclic esters (lactones) is 1. The summed E-state index contributed by atoms with van der Waals surface area (Å²) in [7, 11) is 0. The smallest absolute Gasteiger partial charge is 0.334 e. The lowest BCUT2D eigenvalue weighted by Gasteiger charge is -1.95. The lowest BCUT2D eigenvalue weighted by Crippen LogP contribution is -1.99. The molecule has 1 saturated heterocycles. The molecule has 1 heterocycles. The number of carbonyl (C=O) groups excluding carboxylic acids is 1. The first kappa shape index (κ1) is 11.3. The van der Waals surface area contributed by atoms with Gasteiger partial charge < -0.3 is 4.74 Å². The SMILES string of the molecule is CCCCCC/C=C1/CC(C)OC1=O. The Morgan fingerprint density at radius 2 is 2.21 bits per heavy atom. The summed E-state index contributed by atoms with van der Waals surface area (Å²) in [5.41, 5.74) is 0.883. The molecule has 1 rings (SSSR count). The summed E-state index contributed by atoms with van der Waals surface area (Å²) < 4.78 is 5.04. The van der Waals surface area contributed by atoms with Crippen LogP contribution < -0.4 is 0 Å². The van der Waals surface area contributed by atoms with Crippen molar-refractivity contribution in [1.29, 1.82) is 0 Å². The van der Waals surface area contributed by atoms with Gasteiger partial charge >= 0.3 is 5.97 Å². The van der Waals surface area contributed by atoms with E-state index in [4.69, 9.17) is 4.74 Å². The summed E-state index contributed by atoms with van der Waals surface area (Å²) >= 11 is 0. The van der Waals surface area contributed by atoms with Gasteiger partial charge in [0.25, 0.3) is 0 Å². The van der Waals surface area contributed by atoms with Gasteiger partial charge in [0.1, 0.15) is 6.10 Å². The number of ether oxygens (including phenoxy) is 1. The molecule has 0 amide bonds. The minimum atomic E-state index is -0.104. The van der Waals surface area contributed by atoms with Crippen molar-refractivity contribution in [2.75, 3.05) is 0 Å². The summed E-state index contributed by atoms with van der Waals surface area (Å²) in [5.74, 6) is -0.104. The standard InChI is InChI=1S/C12H20O2/c1-3-4-5-6-7-8-11-9-10(2)14-12(11)13/h8,10H,3-7,9H2,1-2H3/b11-8-. The molecule has 1 aliphatic rings. The van der Waals surface area contributed by atoms with Gasteiger partial charge in [0.05, 0.1) is 0 Å². The Morgan fingerprint density at radius 1 is 1.43 bits per heavy atom. The molecule has 0 aromatic rings. The van der Waals surface area contributed by atoms with Crippen molar-refractivity contribution in [3.63, 3.8) is 0 Å². The molecule has 0 bridgehead atoms. The summed E-state index contributed by atoms with van der Waals surface area (Å²) in [6.45, 7) is 4.14. The molecular formula is C12H20O2. The number of allylic oxidation sites excluding steroid dienone is 1. The minimum Gasteiger partial charge on any atom is -0.459 e. The van der Waals surface area contributed by atoms with Gasteiger partial charge in [-0.3, -0.25) is 0 Å². The number of unbranched alkanes of at least 4 members (excludes halogenated alkanes) is 4. The van der Waals surface area contributed by atoms with Gasteiger partial charge in [0.2, 0.25) is 0 Å². The molecule has 0 radical (unpaired) electrons. The second-order valence-electron chi connectivity index (χ2n) is 4.00. The van der Waals surface area contributed by atoms with Gasteiger partial charge in [0.15, 0.2) is 0 Å². The van der Waals surface area contributed by atoms with Crippen molar-refractivity contribution < 1.29 is 9.53 Å². The fourth-order valence-corrected chi connectivity index (χ4v) is 1.71. The van der Waals surface area contributed by atoms with E-state index in [0.717, 1.165) is 18.4 Å². The van der Waals surface area contributed by atoms with Crippen molar-refractivity contribution in [2.45, 2.75) is 58.5 Å². The molecular weight excluding hydrogens is 176 g/mol. The highest BCUT2D eigenvalue weighted by Gasteiger charge is 2.24. The molecule has 80 valence electrons. The molecule has 1 unspecified atom stereocenters. The van der Waals surface area contributed by atoms with Crippen molar-refractivity contribution in [3.05, 3.63) is 11.6 Å². The van der Waals surface area contributed by atoms with E-state index in [-0.39, 0.29) is 12.1 Å².